The van der Waals surface area contributed by atoms with Crippen LogP contribution in [0.15, 0.2) is 48.7 Å². The summed E-state index contributed by atoms with van der Waals surface area (Å²) in [5.74, 6) is 0.924. The molecule has 1 aromatic carbocycles. The maximum absolute atomic E-state index is 5.59. The largest absolute Gasteiger partial charge is 0.492 e. The molecule has 3 nitrogen and oxygen atoms in total. The van der Waals surface area contributed by atoms with Crippen molar-refractivity contribution in [3.63, 3.8) is 0 Å². The van der Waals surface area contributed by atoms with Gasteiger partial charge in [0, 0.05) is 32.0 Å². The molecule has 0 saturated carbocycles. The molecule has 0 bridgehead atoms. The molecule has 0 saturated heterocycles. The van der Waals surface area contributed by atoms with Crippen LogP contribution in [0.3, 0.4) is 0 Å². The van der Waals surface area contributed by atoms with E-state index in [4.69, 9.17) is 4.74 Å². The number of hydrogen-bond acceptors (Lipinski definition) is 2. The van der Waals surface area contributed by atoms with Gasteiger partial charge < -0.3 is 14.6 Å². The van der Waals surface area contributed by atoms with Gasteiger partial charge in [-0.15, -0.1) is 0 Å². The molecule has 0 unspecified atom stereocenters. The fraction of sp³-hybridized carbons (Fsp3) is 0.286. The maximum atomic E-state index is 5.59. The van der Waals surface area contributed by atoms with Gasteiger partial charge in [0.05, 0.1) is 0 Å². The van der Waals surface area contributed by atoms with Gasteiger partial charge in [0.2, 0.25) is 0 Å². The molecule has 0 spiro atoms. The zero-order valence-electron chi connectivity index (χ0n) is 10.1. The Morgan fingerprint density at radius 1 is 1.12 bits per heavy atom. The number of hydrogen-bond donors (Lipinski definition) is 1. The Hall–Kier alpha value is -1.74. The second kappa shape index (κ2) is 6.11. The zero-order chi connectivity index (χ0) is 11.9. The van der Waals surface area contributed by atoms with Crippen LogP contribution in [0.1, 0.15) is 5.69 Å². The fourth-order valence-electron chi connectivity index (χ4n) is 1.65. The van der Waals surface area contributed by atoms with E-state index in [1.54, 1.807) is 0 Å². The van der Waals surface area contributed by atoms with Crippen LogP contribution in [0.25, 0.3) is 0 Å². The standard InChI is InChI=1S/C14H18N2O/c1-16-10-5-6-13(16)12-15-9-11-17-14-7-3-2-4-8-14/h2-8,10,15H,9,11-12H2,1H3. The Morgan fingerprint density at radius 3 is 2.65 bits per heavy atom. The maximum Gasteiger partial charge on any atom is 0.119 e. The summed E-state index contributed by atoms with van der Waals surface area (Å²) in [6.07, 6.45) is 2.05. The molecule has 0 radical (unpaired) electrons. The summed E-state index contributed by atoms with van der Waals surface area (Å²) in [5, 5.41) is 3.35. The van der Waals surface area contributed by atoms with Gasteiger partial charge in [-0.05, 0) is 24.3 Å². The summed E-state index contributed by atoms with van der Waals surface area (Å²) >= 11 is 0. The van der Waals surface area contributed by atoms with Crippen LogP contribution >= 0.6 is 0 Å². The number of rotatable bonds is 6. The van der Waals surface area contributed by atoms with Gasteiger partial charge in [-0.1, -0.05) is 18.2 Å². The van der Waals surface area contributed by atoms with E-state index in [0.29, 0.717) is 6.61 Å². The second-order valence-corrected chi connectivity index (χ2v) is 3.95. The zero-order valence-corrected chi connectivity index (χ0v) is 10.1. The van der Waals surface area contributed by atoms with E-state index >= 15 is 0 Å². The first-order chi connectivity index (χ1) is 8.36. The van der Waals surface area contributed by atoms with Crippen LogP contribution in [0, 0.1) is 0 Å². The number of aromatic nitrogens is 1. The molecule has 0 aliphatic rings. The highest BCUT2D eigenvalue weighted by Crippen LogP contribution is 2.07. The van der Waals surface area contributed by atoms with Crippen molar-refractivity contribution in [2.24, 2.45) is 7.05 Å². The van der Waals surface area contributed by atoms with E-state index in [1.165, 1.54) is 5.69 Å². The van der Waals surface area contributed by atoms with E-state index in [1.807, 2.05) is 30.3 Å². The third-order valence-electron chi connectivity index (χ3n) is 2.65. The molecular formula is C14H18N2O. The highest BCUT2D eigenvalue weighted by molar-refractivity contribution is 5.20. The molecule has 1 heterocycles. The van der Waals surface area contributed by atoms with Crippen LogP contribution in [0.2, 0.25) is 0 Å². The highest BCUT2D eigenvalue weighted by atomic mass is 16.5. The average Bonchev–Trinajstić information content (AvgIpc) is 2.76. The van der Waals surface area contributed by atoms with E-state index in [9.17, 15) is 0 Å². The minimum atomic E-state index is 0.689. The molecule has 0 atom stereocenters. The lowest BCUT2D eigenvalue weighted by molar-refractivity contribution is 0.313. The van der Waals surface area contributed by atoms with Crippen molar-refractivity contribution in [3.05, 3.63) is 54.4 Å². The van der Waals surface area contributed by atoms with E-state index in [-0.39, 0.29) is 0 Å². The summed E-state index contributed by atoms with van der Waals surface area (Å²) in [5.41, 5.74) is 1.28. The molecule has 1 N–H and O–H groups in total. The minimum Gasteiger partial charge on any atom is -0.492 e. The van der Waals surface area contributed by atoms with Crippen LogP contribution in [0.4, 0.5) is 0 Å². The lowest BCUT2D eigenvalue weighted by Crippen LogP contribution is -2.21. The Kier molecular flexibility index (Phi) is 4.22. The van der Waals surface area contributed by atoms with E-state index < -0.39 is 0 Å². The predicted octanol–water partition coefficient (Wildman–Crippen LogP) is 2.19. The summed E-state index contributed by atoms with van der Waals surface area (Å²) in [6.45, 7) is 2.41. The average molecular weight is 230 g/mol. The van der Waals surface area contributed by atoms with Gasteiger partial charge in [-0.2, -0.15) is 0 Å². The number of nitrogens with zero attached hydrogens (tertiary/aromatic N) is 1. The Labute approximate surface area is 102 Å². The van der Waals surface area contributed by atoms with Crippen molar-refractivity contribution in [3.8, 4) is 5.75 Å². The Bertz CT molecular complexity index is 436. The first-order valence-electron chi connectivity index (χ1n) is 5.85. The van der Waals surface area contributed by atoms with Crippen molar-refractivity contribution in [1.82, 2.24) is 9.88 Å². The summed E-state index contributed by atoms with van der Waals surface area (Å²) in [6, 6.07) is 14.1. The first-order valence-corrected chi connectivity index (χ1v) is 5.85. The van der Waals surface area contributed by atoms with Gasteiger partial charge in [0.1, 0.15) is 12.4 Å². The van der Waals surface area contributed by atoms with Crippen molar-refractivity contribution >= 4 is 0 Å². The van der Waals surface area contributed by atoms with Crippen molar-refractivity contribution in [1.29, 1.82) is 0 Å². The summed E-state index contributed by atoms with van der Waals surface area (Å²) in [7, 11) is 2.05. The fourth-order valence-corrected chi connectivity index (χ4v) is 1.65. The molecule has 17 heavy (non-hydrogen) atoms. The molecule has 1 aromatic heterocycles. The summed E-state index contributed by atoms with van der Waals surface area (Å²) in [4.78, 5) is 0. The van der Waals surface area contributed by atoms with Crippen LogP contribution in [-0.2, 0) is 13.6 Å². The first kappa shape index (κ1) is 11.7. The summed E-state index contributed by atoms with van der Waals surface area (Å²) < 4.78 is 7.70. The smallest absolute Gasteiger partial charge is 0.119 e. The highest BCUT2D eigenvalue weighted by Gasteiger charge is 1.96. The quantitative estimate of drug-likeness (QED) is 0.770. The molecule has 3 heteroatoms. The number of para-hydroxylation sites is 1. The van der Waals surface area contributed by atoms with Crippen LogP contribution in [0.5, 0.6) is 5.75 Å². The molecule has 2 rings (SSSR count). The normalized spacial score (nSPS) is 10.4. The Balaban J connectivity index is 1.63. The number of nitrogens with one attached hydrogen (secondary N) is 1. The van der Waals surface area contributed by atoms with Crippen molar-refractivity contribution < 1.29 is 4.74 Å². The van der Waals surface area contributed by atoms with Crippen molar-refractivity contribution in [2.45, 2.75) is 6.54 Å². The van der Waals surface area contributed by atoms with Crippen molar-refractivity contribution in [2.75, 3.05) is 13.2 Å². The van der Waals surface area contributed by atoms with E-state index in [2.05, 4.69) is 35.3 Å². The van der Waals surface area contributed by atoms with Crippen LogP contribution in [-0.4, -0.2) is 17.7 Å². The third kappa shape index (κ3) is 3.64. The van der Waals surface area contributed by atoms with Gasteiger partial charge in [-0.3, -0.25) is 0 Å². The molecule has 0 aliphatic carbocycles. The van der Waals surface area contributed by atoms with Gasteiger partial charge in [-0.25, -0.2) is 0 Å². The number of ether oxygens (including phenoxy) is 1. The number of benzene rings is 1. The monoisotopic (exact) mass is 230 g/mol. The Morgan fingerprint density at radius 2 is 1.94 bits per heavy atom. The SMILES string of the molecule is Cn1cccc1CNCCOc1ccccc1. The molecular weight excluding hydrogens is 212 g/mol. The van der Waals surface area contributed by atoms with Gasteiger partial charge >= 0.3 is 0 Å². The molecule has 0 fully saturated rings. The lowest BCUT2D eigenvalue weighted by Gasteiger charge is -2.08. The molecule has 2 aromatic rings. The second-order valence-electron chi connectivity index (χ2n) is 3.95. The predicted molar refractivity (Wildman–Crippen MR) is 69.1 cm³/mol. The minimum absolute atomic E-state index is 0.689. The topological polar surface area (TPSA) is 26.2 Å². The van der Waals surface area contributed by atoms with Gasteiger partial charge in [0.25, 0.3) is 0 Å². The van der Waals surface area contributed by atoms with E-state index in [0.717, 1.165) is 18.8 Å². The van der Waals surface area contributed by atoms with Crippen LogP contribution < -0.4 is 10.1 Å². The molecule has 0 amide bonds. The third-order valence-corrected chi connectivity index (χ3v) is 2.65. The lowest BCUT2D eigenvalue weighted by atomic mass is 10.3. The molecule has 0 aliphatic heterocycles. The van der Waals surface area contributed by atoms with Gasteiger partial charge in [0.15, 0.2) is 0 Å². The number of aryl methyl sites for hydroxylation is 1. The molecule has 90 valence electrons.